The van der Waals surface area contributed by atoms with Gasteiger partial charge < -0.3 is 23.9 Å². The van der Waals surface area contributed by atoms with Gasteiger partial charge in [0.2, 0.25) is 0 Å². The molecule has 0 spiro atoms. The summed E-state index contributed by atoms with van der Waals surface area (Å²) < 4.78 is 21.3. The molecule has 184 valence electrons. The van der Waals surface area contributed by atoms with Crippen molar-refractivity contribution in [2.75, 3.05) is 13.2 Å². The zero-order valence-corrected chi connectivity index (χ0v) is 19.1. The molecule has 1 heterocycles. The summed E-state index contributed by atoms with van der Waals surface area (Å²) in [5, 5.41) is 22.7. The van der Waals surface area contributed by atoms with E-state index in [9.17, 15) is 25.0 Å². The molecule has 1 N–H and O–H groups in total. The van der Waals surface area contributed by atoms with Crippen LogP contribution in [-0.4, -0.2) is 30.0 Å². The van der Waals surface area contributed by atoms with E-state index >= 15 is 0 Å². The molecule has 3 aromatic rings. The molecule has 1 amide bonds. The van der Waals surface area contributed by atoms with E-state index in [0.29, 0.717) is 11.3 Å². The van der Waals surface area contributed by atoms with Crippen LogP contribution in [0.25, 0.3) is 6.08 Å². The quantitative estimate of drug-likeness (QED) is 0.105. The highest BCUT2D eigenvalue weighted by Gasteiger charge is 2.14. The Bertz CT molecular complexity index is 1290. The summed E-state index contributed by atoms with van der Waals surface area (Å²) in [5.74, 6) is -0.158. The first-order chi connectivity index (χ1) is 17.4. The summed E-state index contributed by atoms with van der Waals surface area (Å²) in [6, 6.07) is 15.1. The van der Waals surface area contributed by atoms with E-state index in [2.05, 4.69) is 5.32 Å². The first-order valence-electron chi connectivity index (χ1n) is 10.7. The van der Waals surface area contributed by atoms with E-state index in [1.807, 2.05) is 6.07 Å². The number of nitro benzene ring substituents is 1. The number of amides is 1. The van der Waals surface area contributed by atoms with Crippen LogP contribution in [0.4, 0.5) is 5.69 Å². The molecule has 1 aromatic heterocycles. The van der Waals surface area contributed by atoms with E-state index in [1.54, 1.807) is 25.1 Å². The van der Waals surface area contributed by atoms with Gasteiger partial charge in [-0.25, -0.2) is 4.79 Å². The Kier molecular flexibility index (Phi) is 8.77. The van der Waals surface area contributed by atoms with E-state index in [-0.39, 0.29) is 41.7 Å². The van der Waals surface area contributed by atoms with Crippen molar-refractivity contribution >= 4 is 23.6 Å². The molecule has 3 rings (SSSR count). The van der Waals surface area contributed by atoms with Gasteiger partial charge in [-0.15, -0.1) is 0 Å². The average molecular weight is 491 g/mol. The summed E-state index contributed by atoms with van der Waals surface area (Å²) in [7, 11) is 0. The summed E-state index contributed by atoms with van der Waals surface area (Å²) >= 11 is 0. The Morgan fingerprint density at radius 2 is 1.92 bits per heavy atom. The first-order valence-corrected chi connectivity index (χ1v) is 10.7. The number of ether oxygens (including phenoxy) is 3. The van der Waals surface area contributed by atoms with Crippen LogP contribution in [-0.2, 0) is 16.1 Å². The maximum atomic E-state index is 12.3. The van der Waals surface area contributed by atoms with Gasteiger partial charge in [0, 0.05) is 12.1 Å². The van der Waals surface area contributed by atoms with Crippen LogP contribution in [0, 0.1) is 21.4 Å². The number of rotatable bonds is 11. The van der Waals surface area contributed by atoms with E-state index < -0.39 is 23.4 Å². The third-order valence-corrected chi connectivity index (χ3v) is 4.57. The van der Waals surface area contributed by atoms with E-state index in [1.165, 1.54) is 48.7 Å². The fourth-order valence-corrected chi connectivity index (χ4v) is 2.92. The summed E-state index contributed by atoms with van der Waals surface area (Å²) in [4.78, 5) is 34.8. The molecule has 2 aromatic carbocycles. The number of nitro groups is 1. The van der Waals surface area contributed by atoms with Crippen molar-refractivity contribution in [1.29, 1.82) is 5.26 Å². The zero-order chi connectivity index (χ0) is 25.9. The molecule has 0 aliphatic rings. The predicted molar refractivity (Wildman–Crippen MR) is 126 cm³/mol. The number of nitriles is 1. The maximum Gasteiger partial charge on any atom is 0.349 e. The molecular weight excluding hydrogens is 470 g/mol. The minimum atomic E-state index is -0.729. The number of esters is 1. The summed E-state index contributed by atoms with van der Waals surface area (Å²) in [5.41, 5.74) is 0.241. The number of benzene rings is 2. The minimum Gasteiger partial charge on any atom is -0.490 e. The Balaban J connectivity index is 1.65. The van der Waals surface area contributed by atoms with Gasteiger partial charge in [-0.2, -0.15) is 5.26 Å². The molecule has 0 atom stereocenters. The van der Waals surface area contributed by atoms with Gasteiger partial charge in [0.1, 0.15) is 23.2 Å². The second-order valence-corrected chi connectivity index (χ2v) is 7.08. The lowest BCUT2D eigenvalue weighted by Crippen LogP contribution is -2.23. The molecule has 11 heteroatoms. The summed E-state index contributed by atoms with van der Waals surface area (Å²) in [6.07, 6.45) is 2.86. The second-order valence-electron chi connectivity index (χ2n) is 7.08. The molecule has 0 aliphatic carbocycles. The highest BCUT2D eigenvalue weighted by molar-refractivity contribution is 6.01. The number of carbonyl (C=O) groups excluding carboxylic acids is 2. The highest BCUT2D eigenvalue weighted by atomic mass is 16.6. The smallest absolute Gasteiger partial charge is 0.349 e. The van der Waals surface area contributed by atoms with Gasteiger partial charge in [-0.3, -0.25) is 14.9 Å². The Hall–Kier alpha value is -5.11. The molecule has 0 bridgehead atoms. The minimum absolute atomic E-state index is 0.102. The van der Waals surface area contributed by atoms with Crippen molar-refractivity contribution in [1.82, 2.24) is 5.32 Å². The van der Waals surface area contributed by atoms with Gasteiger partial charge in [-0.05, 0) is 55.0 Å². The molecule has 0 saturated carbocycles. The zero-order valence-electron chi connectivity index (χ0n) is 19.1. The lowest BCUT2D eigenvalue weighted by Gasteiger charge is -2.12. The van der Waals surface area contributed by atoms with E-state index in [0.717, 1.165) is 0 Å². The monoisotopic (exact) mass is 491 g/mol. The normalized spacial score (nSPS) is 10.7. The third kappa shape index (κ3) is 7.19. The van der Waals surface area contributed by atoms with Crippen molar-refractivity contribution in [2.45, 2.75) is 13.5 Å². The first kappa shape index (κ1) is 25.5. The van der Waals surface area contributed by atoms with Crippen molar-refractivity contribution in [3.8, 4) is 23.3 Å². The van der Waals surface area contributed by atoms with Crippen LogP contribution in [0.3, 0.4) is 0 Å². The number of carbonyl (C=O) groups is 2. The van der Waals surface area contributed by atoms with Gasteiger partial charge in [-0.1, -0.05) is 6.07 Å². The maximum absolute atomic E-state index is 12.3. The van der Waals surface area contributed by atoms with Gasteiger partial charge >= 0.3 is 5.97 Å². The molecule has 36 heavy (non-hydrogen) atoms. The largest absolute Gasteiger partial charge is 0.490 e. The Labute approximate surface area is 205 Å². The lowest BCUT2D eigenvalue weighted by atomic mass is 10.1. The summed E-state index contributed by atoms with van der Waals surface area (Å²) in [6.45, 7) is 1.70. The lowest BCUT2D eigenvalue weighted by molar-refractivity contribution is -0.384. The Morgan fingerprint density at radius 3 is 2.56 bits per heavy atom. The fraction of sp³-hybridized carbons (Fsp3) is 0.160. The second kappa shape index (κ2) is 12.4. The van der Waals surface area contributed by atoms with E-state index in [4.69, 9.17) is 18.6 Å². The molecule has 11 nitrogen and oxygen atoms in total. The van der Waals surface area contributed by atoms with Gasteiger partial charge in [0.25, 0.3) is 11.6 Å². The van der Waals surface area contributed by atoms with Crippen LogP contribution < -0.4 is 19.5 Å². The topological polar surface area (TPSA) is 154 Å². The number of nitrogens with one attached hydrogen (secondary N) is 1. The molecular formula is C25H21N3O8. The molecule has 0 saturated heterocycles. The molecule has 0 fully saturated rings. The SMILES string of the molecule is CCOc1cc(/C=C(\C#N)C(=O)NCc2ccco2)ccc1OC(=O)COc1ccc([N+](=O)[O-])cc1. The highest BCUT2D eigenvalue weighted by Crippen LogP contribution is 2.30. The molecule has 0 unspecified atom stereocenters. The van der Waals surface area contributed by atoms with Crippen LogP contribution in [0.15, 0.2) is 70.9 Å². The van der Waals surface area contributed by atoms with Crippen molar-refractivity contribution in [3.05, 3.63) is 87.9 Å². The van der Waals surface area contributed by atoms with Gasteiger partial charge in [0.05, 0.1) is 24.3 Å². The number of hydrogen-bond acceptors (Lipinski definition) is 9. The number of furan rings is 1. The number of non-ortho nitro benzene ring substituents is 1. The molecule has 0 aliphatic heterocycles. The van der Waals surface area contributed by atoms with Crippen molar-refractivity contribution < 1.29 is 33.1 Å². The number of nitrogens with zero attached hydrogens (tertiary/aromatic N) is 2. The standard InChI is InChI=1S/C25H21N3O8/c1-2-33-23-13-17(12-18(14-26)25(30)27-15-21-4-3-11-34-21)5-10-22(23)36-24(29)16-35-20-8-6-19(7-9-20)28(31)32/h3-13H,2,15-16H2,1H3,(H,27,30)/b18-12+. The van der Waals surface area contributed by atoms with Crippen LogP contribution in [0.5, 0.6) is 17.2 Å². The van der Waals surface area contributed by atoms with Crippen molar-refractivity contribution in [3.63, 3.8) is 0 Å². The van der Waals surface area contributed by atoms with Crippen LogP contribution >= 0.6 is 0 Å². The Morgan fingerprint density at radius 1 is 1.14 bits per heavy atom. The number of hydrogen-bond donors (Lipinski definition) is 1. The van der Waals surface area contributed by atoms with Crippen LogP contribution in [0.2, 0.25) is 0 Å². The average Bonchev–Trinajstić information content (AvgIpc) is 3.40. The van der Waals surface area contributed by atoms with Crippen molar-refractivity contribution in [2.24, 2.45) is 0 Å². The third-order valence-electron chi connectivity index (χ3n) is 4.57. The van der Waals surface area contributed by atoms with Crippen LogP contribution in [0.1, 0.15) is 18.2 Å². The predicted octanol–water partition coefficient (Wildman–Crippen LogP) is 3.79. The molecule has 0 radical (unpaired) electrons. The fourth-order valence-electron chi connectivity index (χ4n) is 2.92. The van der Waals surface area contributed by atoms with Gasteiger partial charge in [0.15, 0.2) is 18.1 Å².